The Hall–Kier alpha value is -1.47. The largest absolute Gasteiger partial charge is 0.285 e. The Labute approximate surface area is 86.3 Å². The van der Waals surface area contributed by atoms with Crippen LogP contribution in [0.15, 0.2) is 29.2 Å². The van der Waals surface area contributed by atoms with Crippen molar-refractivity contribution in [2.45, 2.75) is 17.2 Å². The molecular formula is C10H8N2OS. The zero-order valence-electron chi connectivity index (χ0n) is 7.60. The first-order chi connectivity index (χ1) is 6.74. The topological polar surface area (TPSA) is 44.1 Å². The minimum absolute atomic E-state index is 0.0889. The summed E-state index contributed by atoms with van der Waals surface area (Å²) >= 11 is 1.42. The summed E-state index contributed by atoms with van der Waals surface area (Å²) in [5.41, 5.74) is 0.844. The Morgan fingerprint density at radius 2 is 2.29 bits per heavy atom. The Morgan fingerprint density at radius 1 is 1.57 bits per heavy atom. The van der Waals surface area contributed by atoms with Crippen molar-refractivity contribution in [2.75, 3.05) is 4.90 Å². The Bertz CT molecular complexity index is 424. The third-order valence-corrected chi connectivity index (χ3v) is 3.19. The molecule has 70 valence electrons. The average Bonchev–Trinajstić information content (AvgIpc) is 2.55. The standard InChI is InChI=1S/C10H8N2OS/c1-7(13)12-8-4-2-3-5-9(8)14-10(12)6-11/h2-5,10H,1H3/t10-/m1/s1. The first-order valence-electron chi connectivity index (χ1n) is 4.19. The summed E-state index contributed by atoms with van der Waals surface area (Å²) in [5, 5.41) is 8.48. The molecule has 0 aliphatic carbocycles. The van der Waals surface area contributed by atoms with Gasteiger partial charge >= 0.3 is 0 Å². The van der Waals surface area contributed by atoms with E-state index in [-0.39, 0.29) is 5.91 Å². The molecule has 1 aromatic rings. The van der Waals surface area contributed by atoms with Gasteiger partial charge in [0.25, 0.3) is 0 Å². The second-order valence-electron chi connectivity index (χ2n) is 2.96. The molecular weight excluding hydrogens is 196 g/mol. The number of anilines is 1. The van der Waals surface area contributed by atoms with E-state index in [0.29, 0.717) is 0 Å². The minimum atomic E-state index is -0.412. The van der Waals surface area contributed by atoms with Gasteiger partial charge in [-0.15, -0.1) is 0 Å². The third-order valence-electron chi connectivity index (χ3n) is 2.05. The van der Waals surface area contributed by atoms with Crippen LogP contribution < -0.4 is 4.90 Å². The molecule has 0 N–H and O–H groups in total. The molecule has 1 heterocycles. The molecule has 0 radical (unpaired) electrons. The summed E-state index contributed by atoms with van der Waals surface area (Å²) in [7, 11) is 0. The lowest BCUT2D eigenvalue weighted by Gasteiger charge is -2.16. The van der Waals surface area contributed by atoms with Gasteiger partial charge in [0.05, 0.1) is 11.8 Å². The van der Waals surface area contributed by atoms with Gasteiger partial charge in [-0.1, -0.05) is 23.9 Å². The van der Waals surface area contributed by atoms with Crippen LogP contribution in [0.5, 0.6) is 0 Å². The predicted octanol–water partition coefficient (Wildman–Crippen LogP) is 1.99. The van der Waals surface area contributed by atoms with E-state index in [1.54, 1.807) is 0 Å². The normalized spacial score (nSPS) is 18.9. The SMILES string of the molecule is CC(=O)N1c2ccccc2S[C@@H]1C#N. The molecule has 0 unspecified atom stereocenters. The van der Waals surface area contributed by atoms with Gasteiger partial charge in [-0.05, 0) is 12.1 Å². The van der Waals surface area contributed by atoms with E-state index in [0.717, 1.165) is 10.6 Å². The van der Waals surface area contributed by atoms with E-state index in [1.807, 2.05) is 24.3 Å². The van der Waals surface area contributed by atoms with Gasteiger partial charge in [-0.3, -0.25) is 9.69 Å². The molecule has 1 aliphatic rings. The molecule has 4 heteroatoms. The number of amides is 1. The molecule has 1 aromatic carbocycles. The molecule has 1 atom stereocenters. The van der Waals surface area contributed by atoms with Crippen LogP contribution in [0.1, 0.15) is 6.92 Å². The zero-order valence-corrected chi connectivity index (χ0v) is 8.41. The fourth-order valence-electron chi connectivity index (χ4n) is 1.47. The van der Waals surface area contributed by atoms with E-state index in [1.165, 1.54) is 23.6 Å². The van der Waals surface area contributed by atoms with E-state index >= 15 is 0 Å². The Kier molecular flexibility index (Phi) is 2.18. The van der Waals surface area contributed by atoms with E-state index in [2.05, 4.69) is 6.07 Å². The smallest absolute Gasteiger partial charge is 0.225 e. The Balaban J connectivity index is 2.48. The summed E-state index contributed by atoms with van der Waals surface area (Å²) < 4.78 is 0. The lowest BCUT2D eigenvalue weighted by Crippen LogP contribution is -2.32. The maximum Gasteiger partial charge on any atom is 0.225 e. The van der Waals surface area contributed by atoms with Crippen LogP contribution in [0, 0.1) is 11.3 Å². The number of carbonyl (C=O) groups excluding carboxylic acids is 1. The van der Waals surface area contributed by atoms with Gasteiger partial charge in [0, 0.05) is 11.8 Å². The second-order valence-corrected chi connectivity index (χ2v) is 4.08. The first-order valence-corrected chi connectivity index (χ1v) is 5.07. The van der Waals surface area contributed by atoms with Crippen molar-refractivity contribution in [3.63, 3.8) is 0 Å². The summed E-state index contributed by atoms with van der Waals surface area (Å²) in [6, 6.07) is 9.67. The predicted molar refractivity (Wildman–Crippen MR) is 54.9 cm³/mol. The lowest BCUT2D eigenvalue weighted by molar-refractivity contribution is -0.116. The van der Waals surface area contributed by atoms with Crippen LogP contribution in [0.3, 0.4) is 0 Å². The number of hydrogen-bond donors (Lipinski definition) is 0. The average molecular weight is 204 g/mol. The quantitative estimate of drug-likeness (QED) is 0.649. The zero-order chi connectivity index (χ0) is 10.1. The van der Waals surface area contributed by atoms with Crippen LogP contribution in [-0.4, -0.2) is 11.3 Å². The molecule has 0 spiro atoms. The van der Waals surface area contributed by atoms with Gasteiger partial charge in [0.2, 0.25) is 5.91 Å². The molecule has 0 saturated heterocycles. The monoisotopic (exact) mass is 204 g/mol. The van der Waals surface area contributed by atoms with Crippen LogP contribution in [0.4, 0.5) is 5.69 Å². The molecule has 0 aromatic heterocycles. The number of rotatable bonds is 0. The highest BCUT2D eigenvalue weighted by Crippen LogP contribution is 2.42. The summed E-state index contributed by atoms with van der Waals surface area (Å²) in [6.45, 7) is 1.48. The van der Waals surface area contributed by atoms with Gasteiger partial charge in [0.15, 0.2) is 5.37 Å². The number of benzene rings is 1. The molecule has 1 aliphatic heterocycles. The van der Waals surface area contributed by atoms with Crippen molar-refractivity contribution in [3.05, 3.63) is 24.3 Å². The van der Waals surface area contributed by atoms with Crippen LogP contribution in [0.2, 0.25) is 0 Å². The fraction of sp³-hybridized carbons (Fsp3) is 0.200. The number of hydrogen-bond acceptors (Lipinski definition) is 3. The molecule has 0 bridgehead atoms. The first kappa shape index (κ1) is 9.10. The molecule has 0 fully saturated rings. The molecule has 14 heavy (non-hydrogen) atoms. The molecule has 2 rings (SSSR count). The number of nitrogens with zero attached hydrogens (tertiary/aromatic N) is 2. The lowest BCUT2D eigenvalue weighted by atomic mass is 10.3. The highest BCUT2D eigenvalue weighted by molar-refractivity contribution is 8.00. The number of thioether (sulfide) groups is 1. The fourth-order valence-corrected chi connectivity index (χ4v) is 2.58. The maximum atomic E-state index is 11.3. The molecule has 1 amide bonds. The van der Waals surface area contributed by atoms with Crippen molar-refractivity contribution >= 4 is 23.4 Å². The van der Waals surface area contributed by atoms with Crippen molar-refractivity contribution in [3.8, 4) is 6.07 Å². The summed E-state index contributed by atoms with van der Waals surface area (Å²) in [6.07, 6.45) is 0. The van der Waals surface area contributed by atoms with E-state index in [9.17, 15) is 4.79 Å². The van der Waals surface area contributed by atoms with E-state index < -0.39 is 5.37 Å². The van der Waals surface area contributed by atoms with Gasteiger partial charge < -0.3 is 0 Å². The Morgan fingerprint density at radius 3 is 2.93 bits per heavy atom. The van der Waals surface area contributed by atoms with Crippen LogP contribution in [0.25, 0.3) is 0 Å². The number of para-hydroxylation sites is 1. The van der Waals surface area contributed by atoms with Crippen LogP contribution >= 0.6 is 11.8 Å². The number of nitriles is 1. The van der Waals surface area contributed by atoms with Crippen molar-refractivity contribution in [1.29, 1.82) is 5.26 Å². The summed E-state index contributed by atoms with van der Waals surface area (Å²) in [4.78, 5) is 13.9. The van der Waals surface area contributed by atoms with Crippen molar-refractivity contribution < 1.29 is 4.79 Å². The maximum absolute atomic E-state index is 11.3. The van der Waals surface area contributed by atoms with Gasteiger partial charge in [-0.25, -0.2) is 0 Å². The minimum Gasteiger partial charge on any atom is -0.285 e. The molecule has 3 nitrogen and oxygen atoms in total. The highest BCUT2D eigenvalue weighted by Gasteiger charge is 2.32. The number of fused-ring (bicyclic) bond motifs is 1. The summed E-state index contributed by atoms with van der Waals surface area (Å²) in [5.74, 6) is -0.0889. The van der Waals surface area contributed by atoms with E-state index in [4.69, 9.17) is 5.26 Å². The van der Waals surface area contributed by atoms with Crippen LogP contribution in [-0.2, 0) is 4.79 Å². The van der Waals surface area contributed by atoms with Crippen molar-refractivity contribution in [1.82, 2.24) is 0 Å². The number of carbonyl (C=O) groups is 1. The highest BCUT2D eigenvalue weighted by atomic mass is 32.2. The van der Waals surface area contributed by atoms with Crippen molar-refractivity contribution in [2.24, 2.45) is 0 Å². The van der Waals surface area contributed by atoms with Gasteiger partial charge in [-0.2, -0.15) is 5.26 Å². The third kappa shape index (κ3) is 1.26. The van der Waals surface area contributed by atoms with Gasteiger partial charge in [0.1, 0.15) is 0 Å². The molecule has 0 saturated carbocycles. The second kappa shape index (κ2) is 3.35.